The molecular formula is C17H20N2O4. The van der Waals surface area contributed by atoms with Crippen LogP contribution in [0.4, 0.5) is 0 Å². The minimum atomic E-state index is -0.968. The number of aromatic hydroxyl groups is 1. The summed E-state index contributed by atoms with van der Waals surface area (Å²) >= 11 is 0. The number of aryl methyl sites for hydroxylation is 1. The average molecular weight is 316 g/mol. The highest BCUT2D eigenvalue weighted by Gasteiger charge is 2.19. The Kier molecular flexibility index (Phi) is 5.67. The first-order valence-corrected chi connectivity index (χ1v) is 7.30. The van der Waals surface area contributed by atoms with Gasteiger partial charge in [0.2, 0.25) is 0 Å². The topological polar surface area (TPSA) is 103 Å². The molecule has 2 rings (SSSR count). The Hall–Kier alpha value is -2.44. The molecule has 0 spiro atoms. The standard InChI is InChI=1S/C17H20N2O4/c1-11-16(21)14(13(10-20)8-18-11)9-19-15(17(22)23)7-12-5-3-2-4-6-12/h2-6,8,15,19-21H,7,9-10H2,1H3,(H,22,23)/t15-/m0/s1. The number of aliphatic hydroxyl groups excluding tert-OH is 1. The zero-order chi connectivity index (χ0) is 16.8. The fraction of sp³-hybridized carbons (Fsp3) is 0.294. The molecule has 1 atom stereocenters. The predicted octanol–water partition coefficient (Wildman–Crippen LogP) is 1.37. The maximum atomic E-state index is 11.4. The van der Waals surface area contributed by atoms with Gasteiger partial charge in [0.25, 0.3) is 0 Å². The number of hydrogen-bond acceptors (Lipinski definition) is 5. The predicted molar refractivity (Wildman–Crippen MR) is 85.0 cm³/mol. The number of carbonyl (C=O) groups is 1. The molecule has 0 aliphatic carbocycles. The van der Waals surface area contributed by atoms with Crippen LogP contribution in [-0.4, -0.2) is 32.3 Å². The smallest absolute Gasteiger partial charge is 0.321 e. The number of rotatable bonds is 7. The lowest BCUT2D eigenvalue weighted by molar-refractivity contribution is -0.139. The maximum absolute atomic E-state index is 11.4. The van der Waals surface area contributed by atoms with Crippen LogP contribution in [-0.2, 0) is 24.4 Å². The number of nitrogens with one attached hydrogen (secondary N) is 1. The Morgan fingerprint density at radius 2 is 2.00 bits per heavy atom. The highest BCUT2D eigenvalue weighted by atomic mass is 16.4. The van der Waals surface area contributed by atoms with Gasteiger partial charge in [-0.2, -0.15) is 0 Å². The van der Waals surface area contributed by atoms with Gasteiger partial charge < -0.3 is 15.3 Å². The molecule has 2 aromatic rings. The van der Waals surface area contributed by atoms with Gasteiger partial charge in [0.05, 0.1) is 12.3 Å². The molecule has 0 radical (unpaired) electrons. The molecule has 1 heterocycles. The summed E-state index contributed by atoms with van der Waals surface area (Å²) in [6, 6.07) is 8.52. The molecule has 0 unspecified atom stereocenters. The van der Waals surface area contributed by atoms with Crippen LogP contribution in [0.5, 0.6) is 5.75 Å². The third kappa shape index (κ3) is 4.28. The molecule has 0 fully saturated rings. The Bertz CT molecular complexity index is 674. The second kappa shape index (κ2) is 7.71. The minimum Gasteiger partial charge on any atom is -0.506 e. The second-order valence-corrected chi connectivity index (χ2v) is 5.32. The van der Waals surface area contributed by atoms with Gasteiger partial charge in [-0.3, -0.25) is 15.1 Å². The third-order valence-corrected chi connectivity index (χ3v) is 3.71. The molecule has 1 aromatic heterocycles. The van der Waals surface area contributed by atoms with E-state index >= 15 is 0 Å². The van der Waals surface area contributed by atoms with Crippen LogP contribution in [0, 0.1) is 6.92 Å². The number of aromatic nitrogens is 1. The largest absolute Gasteiger partial charge is 0.506 e. The Balaban J connectivity index is 2.13. The minimum absolute atomic E-state index is 0.0205. The monoisotopic (exact) mass is 316 g/mol. The molecule has 4 N–H and O–H groups in total. The van der Waals surface area contributed by atoms with Crippen molar-refractivity contribution in [3.05, 3.63) is 58.9 Å². The molecule has 0 saturated heterocycles. The summed E-state index contributed by atoms with van der Waals surface area (Å²) in [5.41, 5.74) is 2.29. The van der Waals surface area contributed by atoms with Gasteiger partial charge >= 0.3 is 5.97 Å². The highest BCUT2D eigenvalue weighted by Crippen LogP contribution is 2.23. The molecule has 122 valence electrons. The zero-order valence-electron chi connectivity index (χ0n) is 12.9. The van der Waals surface area contributed by atoms with Crippen LogP contribution in [0.2, 0.25) is 0 Å². The number of carboxylic acid groups (broad SMARTS) is 1. The van der Waals surface area contributed by atoms with E-state index in [1.165, 1.54) is 6.20 Å². The van der Waals surface area contributed by atoms with Gasteiger partial charge in [-0.1, -0.05) is 30.3 Å². The van der Waals surface area contributed by atoms with E-state index in [1.807, 2.05) is 30.3 Å². The molecule has 0 amide bonds. The first kappa shape index (κ1) is 16.9. The normalized spacial score (nSPS) is 12.1. The van der Waals surface area contributed by atoms with Gasteiger partial charge in [0.15, 0.2) is 0 Å². The van der Waals surface area contributed by atoms with Crippen molar-refractivity contribution in [1.82, 2.24) is 10.3 Å². The summed E-state index contributed by atoms with van der Waals surface area (Å²) < 4.78 is 0. The first-order valence-electron chi connectivity index (χ1n) is 7.30. The van der Waals surface area contributed by atoms with Crippen molar-refractivity contribution in [3.63, 3.8) is 0 Å². The van der Waals surface area contributed by atoms with E-state index in [-0.39, 0.29) is 18.9 Å². The lowest BCUT2D eigenvalue weighted by Crippen LogP contribution is -2.38. The van der Waals surface area contributed by atoms with E-state index in [0.717, 1.165) is 5.56 Å². The van der Waals surface area contributed by atoms with Gasteiger partial charge in [-0.15, -0.1) is 0 Å². The summed E-state index contributed by atoms with van der Waals surface area (Å²) in [6.45, 7) is 1.52. The van der Waals surface area contributed by atoms with Crippen molar-refractivity contribution in [1.29, 1.82) is 0 Å². The van der Waals surface area contributed by atoms with Crippen LogP contribution in [0.1, 0.15) is 22.4 Å². The van der Waals surface area contributed by atoms with Gasteiger partial charge in [0.1, 0.15) is 11.8 Å². The van der Waals surface area contributed by atoms with E-state index in [4.69, 9.17) is 0 Å². The molecule has 0 saturated carbocycles. The van der Waals surface area contributed by atoms with E-state index in [1.54, 1.807) is 6.92 Å². The number of aliphatic carboxylic acids is 1. The first-order chi connectivity index (χ1) is 11.0. The average Bonchev–Trinajstić information content (AvgIpc) is 2.55. The number of benzene rings is 1. The van der Waals surface area contributed by atoms with Crippen LogP contribution in [0.15, 0.2) is 36.5 Å². The van der Waals surface area contributed by atoms with Gasteiger partial charge in [-0.05, 0) is 18.9 Å². The Morgan fingerprint density at radius 1 is 1.30 bits per heavy atom. The number of carboxylic acids is 1. The van der Waals surface area contributed by atoms with Crippen LogP contribution in [0.25, 0.3) is 0 Å². The van der Waals surface area contributed by atoms with Crippen molar-refractivity contribution < 1.29 is 20.1 Å². The second-order valence-electron chi connectivity index (χ2n) is 5.32. The lowest BCUT2D eigenvalue weighted by atomic mass is 10.0. The zero-order valence-corrected chi connectivity index (χ0v) is 12.9. The van der Waals surface area contributed by atoms with Crippen molar-refractivity contribution in [3.8, 4) is 5.75 Å². The fourth-order valence-electron chi connectivity index (χ4n) is 2.34. The molecular weight excluding hydrogens is 296 g/mol. The van der Waals surface area contributed by atoms with Crippen molar-refractivity contribution in [2.24, 2.45) is 0 Å². The van der Waals surface area contributed by atoms with Crippen LogP contribution in [0.3, 0.4) is 0 Å². The molecule has 0 aliphatic rings. The molecule has 6 heteroatoms. The van der Waals surface area contributed by atoms with Crippen molar-refractivity contribution in [2.75, 3.05) is 0 Å². The molecule has 23 heavy (non-hydrogen) atoms. The quantitative estimate of drug-likeness (QED) is 0.615. The number of pyridine rings is 1. The summed E-state index contributed by atoms with van der Waals surface area (Å²) in [5, 5.41) is 31.7. The summed E-state index contributed by atoms with van der Waals surface area (Å²) in [6.07, 6.45) is 1.81. The molecule has 1 aromatic carbocycles. The van der Waals surface area contributed by atoms with Crippen molar-refractivity contribution in [2.45, 2.75) is 32.5 Å². The van der Waals surface area contributed by atoms with Gasteiger partial charge in [-0.25, -0.2) is 0 Å². The number of nitrogens with zero attached hydrogens (tertiary/aromatic N) is 1. The number of hydrogen-bond donors (Lipinski definition) is 4. The van der Waals surface area contributed by atoms with Crippen LogP contribution < -0.4 is 5.32 Å². The SMILES string of the molecule is Cc1ncc(CO)c(CN[C@@H](Cc2ccccc2)C(=O)O)c1O. The van der Waals surface area contributed by atoms with Crippen molar-refractivity contribution >= 4 is 5.97 Å². The number of aliphatic hydroxyl groups is 1. The molecule has 0 bridgehead atoms. The van der Waals surface area contributed by atoms with E-state index in [0.29, 0.717) is 23.2 Å². The fourth-order valence-corrected chi connectivity index (χ4v) is 2.34. The van der Waals surface area contributed by atoms with Gasteiger partial charge in [0, 0.05) is 23.9 Å². The Morgan fingerprint density at radius 3 is 2.61 bits per heavy atom. The van der Waals surface area contributed by atoms with E-state index < -0.39 is 12.0 Å². The summed E-state index contributed by atoms with van der Waals surface area (Å²) in [4.78, 5) is 15.4. The van der Waals surface area contributed by atoms with Crippen LogP contribution >= 0.6 is 0 Å². The maximum Gasteiger partial charge on any atom is 0.321 e. The molecule has 0 aliphatic heterocycles. The third-order valence-electron chi connectivity index (χ3n) is 3.71. The Labute approximate surface area is 134 Å². The van der Waals surface area contributed by atoms with E-state index in [9.17, 15) is 20.1 Å². The molecule has 6 nitrogen and oxygen atoms in total. The summed E-state index contributed by atoms with van der Waals surface area (Å²) in [7, 11) is 0. The lowest BCUT2D eigenvalue weighted by Gasteiger charge is -2.17. The highest BCUT2D eigenvalue weighted by molar-refractivity contribution is 5.74. The summed E-state index contributed by atoms with van der Waals surface area (Å²) in [5.74, 6) is -0.988. The van der Waals surface area contributed by atoms with E-state index in [2.05, 4.69) is 10.3 Å².